The van der Waals surface area contributed by atoms with E-state index in [9.17, 15) is 0 Å². The Balaban J connectivity index is 1.08. The Morgan fingerprint density at radius 1 is 0.404 bits per heavy atom. The molecule has 0 fully saturated rings. The molecule has 0 aliphatic rings. The van der Waals surface area contributed by atoms with Gasteiger partial charge in [0.05, 0.1) is 17.9 Å². The number of rotatable bonds is 5. The smallest absolute Gasteiger partial charge is 0.164 e. The van der Waals surface area contributed by atoms with E-state index in [0.29, 0.717) is 33.5 Å². The summed E-state index contributed by atoms with van der Waals surface area (Å²) in [6, 6.07) is 48.3. The largest absolute Gasteiger partial charge is 0.456 e. The van der Waals surface area contributed by atoms with Crippen molar-refractivity contribution in [3.05, 3.63) is 182 Å². The molecule has 0 atom stereocenters. The van der Waals surface area contributed by atoms with Crippen LogP contribution in [0.15, 0.2) is 191 Å². The molecule has 0 spiro atoms. The molecule has 12 rings (SSSR count). The Morgan fingerprint density at radius 2 is 1.02 bits per heavy atom. The molecule has 8 aromatic carbocycles. The lowest BCUT2D eigenvalue weighted by atomic mass is 10.0. The number of hydrogen-bond donors (Lipinski definition) is 0. The number of aromatic nitrogens is 4. The molecule has 0 unspecified atom stereocenters. The van der Waals surface area contributed by atoms with E-state index in [0.717, 1.165) is 60.2 Å². The van der Waals surface area contributed by atoms with Gasteiger partial charge in [-0.2, -0.15) is 0 Å². The monoisotopic (exact) mass is 735 g/mol. The number of benzene rings is 8. The molecule has 4 aromatic heterocycles. The number of furan rings is 2. The Hall–Kier alpha value is -7.83. The standard InChI is InChI=1S/C51H30N4O2/c1-3-13-31(14-4-1)33-25-28-42-40(29-33)35-17-7-9-21-41(35)55(42)34-26-27-37-46(30-34)57-45-24-12-20-39(48(37)45)51-53-49(32-15-5-2-6-16-32)52-50(54-51)38-19-11-23-44-47(38)36-18-8-10-22-43(36)56-44/h1-30H/i2D,5D,6D,15D,16D. The molecule has 0 aliphatic heterocycles. The molecule has 0 radical (unpaired) electrons. The molecule has 6 nitrogen and oxygen atoms in total. The summed E-state index contributed by atoms with van der Waals surface area (Å²) in [4.78, 5) is 14.8. The van der Waals surface area contributed by atoms with Crippen molar-refractivity contribution in [1.29, 1.82) is 0 Å². The van der Waals surface area contributed by atoms with Gasteiger partial charge < -0.3 is 13.4 Å². The van der Waals surface area contributed by atoms with Gasteiger partial charge in [-0.15, -0.1) is 0 Å². The average molecular weight is 736 g/mol. The molecule has 57 heavy (non-hydrogen) atoms. The van der Waals surface area contributed by atoms with Crippen LogP contribution in [0.1, 0.15) is 6.85 Å². The van der Waals surface area contributed by atoms with Gasteiger partial charge >= 0.3 is 0 Å². The molecular weight excluding hydrogens is 701 g/mol. The van der Waals surface area contributed by atoms with E-state index < -0.39 is 30.2 Å². The van der Waals surface area contributed by atoms with Gasteiger partial charge in [0, 0.05) is 60.8 Å². The van der Waals surface area contributed by atoms with Crippen molar-refractivity contribution in [2.75, 3.05) is 0 Å². The highest BCUT2D eigenvalue weighted by atomic mass is 16.3. The fraction of sp³-hybridized carbons (Fsp3) is 0. The third kappa shape index (κ3) is 4.94. The van der Waals surface area contributed by atoms with Gasteiger partial charge in [-0.1, -0.05) is 127 Å². The third-order valence-corrected chi connectivity index (χ3v) is 10.8. The summed E-state index contributed by atoms with van der Waals surface area (Å²) in [5, 5.41) is 5.54. The van der Waals surface area contributed by atoms with Crippen LogP contribution in [0.3, 0.4) is 0 Å². The van der Waals surface area contributed by atoms with Crippen molar-refractivity contribution in [1.82, 2.24) is 19.5 Å². The van der Waals surface area contributed by atoms with Crippen molar-refractivity contribution in [2.24, 2.45) is 0 Å². The fourth-order valence-electron chi connectivity index (χ4n) is 8.25. The molecular formula is C51H30N4O2. The molecule has 0 N–H and O–H groups in total. The van der Waals surface area contributed by atoms with Gasteiger partial charge in [-0.3, -0.25) is 0 Å². The van der Waals surface area contributed by atoms with Crippen molar-refractivity contribution in [2.45, 2.75) is 0 Å². The van der Waals surface area contributed by atoms with E-state index in [-0.39, 0.29) is 23.0 Å². The van der Waals surface area contributed by atoms with Crippen LogP contribution >= 0.6 is 0 Å². The van der Waals surface area contributed by atoms with Gasteiger partial charge in [0.1, 0.15) is 22.3 Å². The maximum Gasteiger partial charge on any atom is 0.164 e. The Kier molecular flexibility index (Phi) is 5.82. The van der Waals surface area contributed by atoms with Crippen molar-refractivity contribution < 1.29 is 15.7 Å². The van der Waals surface area contributed by atoms with Crippen molar-refractivity contribution in [3.8, 4) is 51.0 Å². The Labute approximate surface area is 332 Å². The summed E-state index contributed by atoms with van der Waals surface area (Å²) in [6.07, 6.45) is 0. The summed E-state index contributed by atoms with van der Waals surface area (Å²) in [5.41, 5.74) is 9.12. The summed E-state index contributed by atoms with van der Waals surface area (Å²) in [5.74, 6) is 0.444. The van der Waals surface area contributed by atoms with Crippen LogP contribution in [-0.2, 0) is 0 Å². The second-order valence-corrected chi connectivity index (χ2v) is 14.0. The fourth-order valence-corrected chi connectivity index (χ4v) is 8.25. The molecule has 0 saturated heterocycles. The van der Waals surface area contributed by atoms with Gasteiger partial charge in [0.25, 0.3) is 0 Å². The first-order valence-corrected chi connectivity index (χ1v) is 18.6. The molecule has 0 bridgehead atoms. The van der Waals surface area contributed by atoms with Crippen LogP contribution in [0.4, 0.5) is 0 Å². The zero-order valence-electron chi connectivity index (χ0n) is 35.0. The zero-order valence-corrected chi connectivity index (χ0v) is 30.0. The average Bonchev–Trinajstić information content (AvgIpc) is 3.99. The summed E-state index contributed by atoms with van der Waals surface area (Å²) in [6.45, 7) is 0. The Bertz CT molecular complexity index is 3810. The lowest BCUT2D eigenvalue weighted by molar-refractivity contribution is 0.668. The van der Waals surface area contributed by atoms with E-state index in [1.54, 1.807) is 0 Å². The SMILES string of the molecule is [2H]c1c([2H])c([2H])c(-c2nc(-c3cccc4oc5ccccc5c34)nc(-c3cccc4oc5cc(-n6c7ccccc7c7cc(-c8ccccc8)ccc76)ccc5c34)n2)c([2H])c1[2H]. The minimum absolute atomic E-state index is 0.0549. The van der Waals surface area contributed by atoms with Gasteiger partial charge in [0.15, 0.2) is 17.5 Å². The first-order chi connectivity index (χ1) is 30.3. The zero-order chi connectivity index (χ0) is 41.8. The number of para-hydroxylation sites is 2. The molecule has 0 aliphatic carbocycles. The van der Waals surface area contributed by atoms with Crippen molar-refractivity contribution in [3.63, 3.8) is 0 Å². The van der Waals surface area contributed by atoms with Crippen LogP contribution in [0.2, 0.25) is 0 Å². The Morgan fingerprint density at radius 3 is 1.79 bits per heavy atom. The van der Waals surface area contributed by atoms with E-state index >= 15 is 0 Å². The second-order valence-electron chi connectivity index (χ2n) is 14.0. The van der Waals surface area contributed by atoms with E-state index in [1.807, 2.05) is 66.7 Å². The van der Waals surface area contributed by atoms with Gasteiger partial charge in [-0.05, 0) is 59.7 Å². The van der Waals surface area contributed by atoms with Gasteiger partial charge in [-0.25, -0.2) is 15.0 Å². The summed E-state index contributed by atoms with van der Waals surface area (Å²) >= 11 is 0. The lowest BCUT2D eigenvalue weighted by Gasteiger charge is -2.10. The van der Waals surface area contributed by atoms with E-state index in [2.05, 4.69) is 89.5 Å². The number of nitrogens with zero attached hydrogens (tertiary/aromatic N) is 4. The first kappa shape index (κ1) is 26.9. The van der Waals surface area contributed by atoms with Crippen LogP contribution in [0.25, 0.3) is 117 Å². The maximum atomic E-state index is 8.88. The molecule has 0 amide bonds. The highest BCUT2D eigenvalue weighted by Gasteiger charge is 2.21. The molecule has 4 heterocycles. The van der Waals surface area contributed by atoms with E-state index in [4.69, 9.17) is 30.6 Å². The predicted octanol–water partition coefficient (Wildman–Crippen LogP) is 13.4. The minimum Gasteiger partial charge on any atom is -0.456 e. The molecule has 12 aromatic rings. The quantitative estimate of drug-likeness (QED) is 0.176. The highest BCUT2D eigenvalue weighted by molar-refractivity contribution is 6.14. The topological polar surface area (TPSA) is 69.9 Å². The van der Waals surface area contributed by atoms with Crippen LogP contribution in [0, 0.1) is 0 Å². The highest BCUT2D eigenvalue weighted by Crippen LogP contribution is 2.41. The molecule has 0 saturated carbocycles. The maximum absolute atomic E-state index is 8.88. The number of hydrogen-bond acceptors (Lipinski definition) is 5. The van der Waals surface area contributed by atoms with Gasteiger partial charge in [0.2, 0.25) is 0 Å². The van der Waals surface area contributed by atoms with Crippen LogP contribution in [-0.4, -0.2) is 19.5 Å². The van der Waals surface area contributed by atoms with Crippen LogP contribution in [0.5, 0.6) is 0 Å². The first-order valence-electron chi connectivity index (χ1n) is 21.1. The lowest BCUT2D eigenvalue weighted by Crippen LogP contribution is -2.00. The predicted molar refractivity (Wildman–Crippen MR) is 230 cm³/mol. The summed E-state index contributed by atoms with van der Waals surface area (Å²) < 4.78 is 58.1. The second kappa shape index (κ2) is 12.3. The van der Waals surface area contributed by atoms with Crippen molar-refractivity contribution >= 4 is 65.7 Å². The molecule has 266 valence electrons. The number of fused-ring (bicyclic) bond motifs is 9. The third-order valence-electron chi connectivity index (χ3n) is 10.8. The van der Waals surface area contributed by atoms with Crippen LogP contribution < -0.4 is 0 Å². The molecule has 6 heteroatoms. The normalized spacial score (nSPS) is 13.1. The van der Waals surface area contributed by atoms with E-state index in [1.165, 1.54) is 0 Å². The summed E-state index contributed by atoms with van der Waals surface area (Å²) in [7, 11) is 0. The minimum atomic E-state index is -0.500.